The number of unbranched alkanes of at least 4 members (excludes halogenated alkanes) is 6. The first-order valence-electron chi connectivity index (χ1n) is 5.77. The average Bonchev–Trinajstić information content (AvgIpc) is 2.13. The van der Waals surface area contributed by atoms with Crippen molar-refractivity contribution in [3.63, 3.8) is 0 Å². The van der Waals surface area contributed by atoms with Crippen LogP contribution < -0.4 is 0 Å². The molecule has 0 unspecified atom stereocenters. The van der Waals surface area contributed by atoms with Crippen molar-refractivity contribution < 1.29 is 0 Å². The SMILES string of the molecule is ClC(Cl)CCCCCCCCCC(Cl)(Cl)Cl. The minimum absolute atomic E-state index is 0.204. The highest BCUT2D eigenvalue weighted by Gasteiger charge is 2.17. The van der Waals surface area contributed by atoms with Crippen LogP contribution in [0.25, 0.3) is 0 Å². The summed E-state index contributed by atoms with van der Waals surface area (Å²) in [5.41, 5.74) is 0. The maximum absolute atomic E-state index is 5.65. The van der Waals surface area contributed by atoms with Gasteiger partial charge in [-0.1, -0.05) is 73.3 Å². The molecule has 0 aliphatic heterocycles. The minimum atomic E-state index is -1.07. The Morgan fingerprint density at radius 2 is 1.12 bits per heavy atom. The third-order valence-electron chi connectivity index (χ3n) is 2.38. The molecule has 0 saturated heterocycles. The molecule has 0 N–H and O–H groups in total. The van der Waals surface area contributed by atoms with Gasteiger partial charge in [-0.15, -0.1) is 23.2 Å². The maximum atomic E-state index is 5.65. The second-order valence-electron chi connectivity index (χ2n) is 4.02. The summed E-state index contributed by atoms with van der Waals surface area (Å²) in [6, 6.07) is 0. The van der Waals surface area contributed by atoms with Crippen LogP contribution in [0.2, 0.25) is 0 Å². The molecule has 0 radical (unpaired) electrons. The van der Waals surface area contributed by atoms with E-state index < -0.39 is 3.79 Å². The Labute approximate surface area is 124 Å². The lowest BCUT2D eigenvalue weighted by molar-refractivity contribution is 0.565. The highest BCUT2D eigenvalue weighted by Crippen LogP contribution is 2.32. The monoisotopic (exact) mass is 326 g/mol. The molecule has 0 bridgehead atoms. The second-order valence-corrected chi connectivity index (χ2v) is 7.81. The van der Waals surface area contributed by atoms with Crippen molar-refractivity contribution in [2.24, 2.45) is 0 Å². The molecule has 0 spiro atoms. The largest absolute Gasteiger partial charge is 0.190 e. The van der Waals surface area contributed by atoms with Crippen molar-refractivity contribution in [2.75, 3.05) is 0 Å². The second kappa shape index (κ2) is 10.4. The number of rotatable bonds is 9. The zero-order valence-electron chi connectivity index (χ0n) is 9.33. The molecule has 5 heteroatoms. The lowest BCUT2D eigenvalue weighted by Crippen LogP contribution is -2.00. The van der Waals surface area contributed by atoms with Gasteiger partial charge in [0.1, 0.15) is 4.84 Å². The van der Waals surface area contributed by atoms with Crippen molar-refractivity contribution in [2.45, 2.75) is 66.4 Å². The molecule has 0 saturated carbocycles. The molecular formula is C11H19Cl5. The van der Waals surface area contributed by atoms with Gasteiger partial charge < -0.3 is 0 Å². The fraction of sp³-hybridized carbons (Fsp3) is 1.00. The van der Waals surface area contributed by atoms with Gasteiger partial charge in [-0.25, -0.2) is 0 Å². The van der Waals surface area contributed by atoms with E-state index in [1.165, 1.54) is 25.7 Å². The Morgan fingerprint density at radius 3 is 1.56 bits per heavy atom. The van der Waals surface area contributed by atoms with Gasteiger partial charge in [0.15, 0.2) is 3.79 Å². The summed E-state index contributed by atoms with van der Waals surface area (Å²) in [6.07, 6.45) is 9.71. The normalized spacial score (nSPS) is 12.4. The van der Waals surface area contributed by atoms with Crippen molar-refractivity contribution in [3.05, 3.63) is 0 Å². The molecule has 0 aromatic heterocycles. The van der Waals surface area contributed by atoms with Crippen molar-refractivity contribution >= 4 is 58.0 Å². The summed E-state index contributed by atoms with van der Waals surface area (Å²) in [5.74, 6) is 0. The zero-order chi connectivity index (χ0) is 12.4. The van der Waals surface area contributed by atoms with Gasteiger partial charge in [0.25, 0.3) is 0 Å². The van der Waals surface area contributed by atoms with Crippen LogP contribution in [0.15, 0.2) is 0 Å². The number of hydrogen-bond donors (Lipinski definition) is 0. The maximum Gasteiger partial charge on any atom is 0.190 e. The molecule has 0 rings (SSSR count). The molecule has 0 aromatic carbocycles. The highest BCUT2D eigenvalue weighted by atomic mass is 35.6. The lowest BCUT2D eigenvalue weighted by atomic mass is 10.1. The minimum Gasteiger partial charge on any atom is -0.105 e. The molecule has 0 amide bonds. The average molecular weight is 329 g/mol. The van der Waals surface area contributed by atoms with E-state index in [4.69, 9.17) is 58.0 Å². The molecule has 0 nitrogen and oxygen atoms in total. The van der Waals surface area contributed by atoms with Crippen LogP contribution >= 0.6 is 58.0 Å². The summed E-state index contributed by atoms with van der Waals surface area (Å²) in [5, 5.41) is 0. The Morgan fingerprint density at radius 1 is 0.688 bits per heavy atom. The van der Waals surface area contributed by atoms with Crippen LogP contribution in [0.1, 0.15) is 57.8 Å². The van der Waals surface area contributed by atoms with E-state index in [2.05, 4.69) is 0 Å². The third-order valence-corrected chi connectivity index (χ3v) is 3.39. The van der Waals surface area contributed by atoms with E-state index in [1.807, 2.05) is 0 Å². The fourth-order valence-corrected chi connectivity index (χ4v) is 2.22. The third kappa shape index (κ3) is 15.4. The number of hydrogen-bond acceptors (Lipinski definition) is 0. The molecule has 98 valence electrons. The summed E-state index contributed by atoms with van der Waals surface area (Å²) in [7, 11) is 0. The van der Waals surface area contributed by atoms with Crippen LogP contribution in [0.3, 0.4) is 0 Å². The highest BCUT2D eigenvalue weighted by molar-refractivity contribution is 6.67. The summed E-state index contributed by atoms with van der Waals surface area (Å²) in [6.45, 7) is 0. The molecule has 0 fully saturated rings. The van der Waals surface area contributed by atoms with E-state index in [9.17, 15) is 0 Å². The van der Waals surface area contributed by atoms with E-state index in [0.29, 0.717) is 6.42 Å². The molecule has 0 aliphatic carbocycles. The van der Waals surface area contributed by atoms with Gasteiger partial charge in [-0.3, -0.25) is 0 Å². The van der Waals surface area contributed by atoms with E-state index in [0.717, 1.165) is 25.7 Å². The van der Waals surface area contributed by atoms with Crippen LogP contribution in [-0.4, -0.2) is 8.63 Å². The Hall–Kier alpha value is 1.45. The molecular weight excluding hydrogens is 309 g/mol. The first kappa shape index (κ1) is 17.4. The lowest BCUT2D eigenvalue weighted by Gasteiger charge is -2.09. The van der Waals surface area contributed by atoms with Gasteiger partial charge in [0, 0.05) is 0 Å². The van der Waals surface area contributed by atoms with Crippen LogP contribution in [0.4, 0.5) is 0 Å². The first-order chi connectivity index (χ1) is 7.42. The van der Waals surface area contributed by atoms with Crippen molar-refractivity contribution in [1.29, 1.82) is 0 Å². The fourth-order valence-electron chi connectivity index (χ4n) is 1.51. The predicted molar refractivity (Wildman–Crippen MR) is 77.3 cm³/mol. The smallest absolute Gasteiger partial charge is 0.105 e. The molecule has 0 atom stereocenters. The summed E-state index contributed by atoms with van der Waals surface area (Å²) >= 11 is 28.2. The van der Waals surface area contributed by atoms with Crippen LogP contribution in [-0.2, 0) is 0 Å². The first-order valence-corrected chi connectivity index (χ1v) is 7.77. The van der Waals surface area contributed by atoms with Gasteiger partial charge in [-0.2, -0.15) is 0 Å². The van der Waals surface area contributed by atoms with Gasteiger partial charge in [0.2, 0.25) is 0 Å². The standard InChI is InChI=1S/C11H19Cl5/c12-10(13)8-6-4-2-1-3-5-7-9-11(14,15)16/h10H,1-9H2. The van der Waals surface area contributed by atoms with Crippen LogP contribution in [0.5, 0.6) is 0 Å². The Kier molecular flexibility index (Phi) is 11.3. The number of halogens is 5. The Balaban J connectivity index is 3.05. The molecule has 16 heavy (non-hydrogen) atoms. The molecule has 0 aliphatic rings. The molecule has 0 aromatic rings. The number of alkyl halides is 5. The van der Waals surface area contributed by atoms with Crippen molar-refractivity contribution in [3.8, 4) is 0 Å². The van der Waals surface area contributed by atoms with Gasteiger partial charge >= 0.3 is 0 Å². The van der Waals surface area contributed by atoms with E-state index >= 15 is 0 Å². The summed E-state index contributed by atoms with van der Waals surface area (Å²) < 4.78 is -1.07. The quantitative estimate of drug-likeness (QED) is 0.327. The van der Waals surface area contributed by atoms with E-state index in [1.54, 1.807) is 0 Å². The van der Waals surface area contributed by atoms with E-state index in [-0.39, 0.29) is 4.84 Å². The van der Waals surface area contributed by atoms with Gasteiger partial charge in [-0.05, 0) is 19.3 Å². The summed E-state index contributed by atoms with van der Waals surface area (Å²) in [4.78, 5) is -0.204. The molecule has 0 heterocycles. The van der Waals surface area contributed by atoms with Crippen molar-refractivity contribution in [1.82, 2.24) is 0 Å². The van der Waals surface area contributed by atoms with Gasteiger partial charge in [0.05, 0.1) is 0 Å². The predicted octanol–water partition coefficient (Wildman–Crippen LogP) is 6.67. The van der Waals surface area contributed by atoms with Crippen LogP contribution in [0, 0.1) is 0 Å². The zero-order valence-corrected chi connectivity index (χ0v) is 13.1. The topological polar surface area (TPSA) is 0 Å². The Bertz CT molecular complexity index is 153.